The van der Waals surface area contributed by atoms with Gasteiger partial charge in [-0.15, -0.1) is 0 Å². The van der Waals surface area contributed by atoms with Gasteiger partial charge in [-0.05, 0) is 12.1 Å². The van der Waals surface area contributed by atoms with Crippen LogP contribution in [0.1, 0.15) is 10.4 Å². The van der Waals surface area contributed by atoms with Crippen molar-refractivity contribution < 1.29 is 9.53 Å². The summed E-state index contributed by atoms with van der Waals surface area (Å²) in [4.78, 5) is 11.4. The summed E-state index contributed by atoms with van der Waals surface area (Å²) in [6.45, 7) is -0.346. The molecule has 0 atom stereocenters. The number of nitrogens with zero attached hydrogens (tertiary/aromatic N) is 1. The molecule has 0 aromatic heterocycles. The molecule has 0 radical (unpaired) electrons. The molecule has 78 valence electrons. The van der Waals surface area contributed by atoms with Crippen molar-refractivity contribution in [2.45, 2.75) is 0 Å². The average Bonchev–Trinajstić information content (AvgIpc) is 2.19. The van der Waals surface area contributed by atoms with Crippen LogP contribution in [0, 0.1) is 11.3 Å². The number of nitrogen functional groups attached to an aromatic ring is 1. The van der Waals surface area contributed by atoms with E-state index in [9.17, 15) is 4.79 Å². The second-order valence-corrected chi connectivity index (χ2v) is 3.38. The molecular weight excluding hydrogens is 239 g/mol. The Balaban J connectivity index is 3.04. The summed E-state index contributed by atoms with van der Waals surface area (Å²) in [5, 5.41) is 8.46. The molecule has 1 rings (SSSR count). The van der Waals surface area contributed by atoms with Gasteiger partial charge >= 0.3 is 5.97 Å². The third-order valence-electron chi connectivity index (χ3n) is 1.54. The summed E-state index contributed by atoms with van der Waals surface area (Å²) < 4.78 is 4.57. The summed E-state index contributed by atoms with van der Waals surface area (Å²) >= 11 is 11.5. The monoisotopic (exact) mass is 244 g/mol. The van der Waals surface area contributed by atoms with Crippen molar-refractivity contribution in [1.29, 1.82) is 5.26 Å². The Hall–Kier alpha value is -1.44. The molecule has 15 heavy (non-hydrogen) atoms. The molecule has 4 nitrogen and oxygen atoms in total. The van der Waals surface area contributed by atoms with Crippen LogP contribution >= 0.6 is 23.2 Å². The first-order valence-electron chi connectivity index (χ1n) is 3.85. The van der Waals surface area contributed by atoms with E-state index in [2.05, 4.69) is 4.74 Å². The molecule has 0 amide bonds. The Kier molecular flexibility index (Phi) is 3.78. The van der Waals surface area contributed by atoms with E-state index in [4.69, 9.17) is 34.2 Å². The Bertz CT molecular complexity index is 440. The zero-order valence-electron chi connectivity index (χ0n) is 7.46. The molecule has 0 saturated heterocycles. The van der Waals surface area contributed by atoms with Gasteiger partial charge in [-0.25, -0.2) is 4.79 Å². The fourth-order valence-corrected chi connectivity index (χ4v) is 1.35. The fourth-order valence-electron chi connectivity index (χ4n) is 0.934. The summed E-state index contributed by atoms with van der Waals surface area (Å²) in [6.07, 6.45) is 0. The zero-order valence-corrected chi connectivity index (χ0v) is 8.97. The van der Waals surface area contributed by atoms with E-state index < -0.39 is 5.97 Å². The van der Waals surface area contributed by atoms with Gasteiger partial charge in [-0.3, -0.25) is 0 Å². The first-order valence-corrected chi connectivity index (χ1v) is 4.60. The minimum atomic E-state index is -0.726. The van der Waals surface area contributed by atoms with Crippen LogP contribution in [0.2, 0.25) is 10.0 Å². The van der Waals surface area contributed by atoms with Crippen LogP contribution in [-0.4, -0.2) is 12.6 Å². The predicted octanol–water partition coefficient (Wildman–Crippen LogP) is 2.26. The first kappa shape index (κ1) is 11.6. The molecule has 0 bridgehead atoms. The summed E-state index contributed by atoms with van der Waals surface area (Å²) in [5.74, 6) is -0.726. The molecule has 1 aromatic rings. The van der Waals surface area contributed by atoms with Gasteiger partial charge in [0, 0.05) is 5.69 Å². The van der Waals surface area contributed by atoms with Crippen molar-refractivity contribution in [3.8, 4) is 6.07 Å². The second kappa shape index (κ2) is 4.87. The number of nitrogens with two attached hydrogens (primary N) is 1. The van der Waals surface area contributed by atoms with Crippen molar-refractivity contribution >= 4 is 34.9 Å². The van der Waals surface area contributed by atoms with Gasteiger partial charge in [0.15, 0.2) is 6.61 Å². The number of benzene rings is 1. The Morgan fingerprint density at radius 3 is 2.80 bits per heavy atom. The van der Waals surface area contributed by atoms with Crippen LogP contribution in [0.3, 0.4) is 0 Å². The van der Waals surface area contributed by atoms with E-state index in [1.807, 2.05) is 0 Å². The molecule has 0 saturated carbocycles. The lowest BCUT2D eigenvalue weighted by Gasteiger charge is -2.05. The van der Waals surface area contributed by atoms with Gasteiger partial charge in [-0.1, -0.05) is 23.2 Å². The van der Waals surface area contributed by atoms with Gasteiger partial charge in [0.25, 0.3) is 0 Å². The van der Waals surface area contributed by atoms with Crippen molar-refractivity contribution in [3.05, 3.63) is 27.7 Å². The van der Waals surface area contributed by atoms with Gasteiger partial charge in [-0.2, -0.15) is 5.26 Å². The molecule has 6 heteroatoms. The molecular formula is C9H6Cl2N2O2. The van der Waals surface area contributed by atoms with E-state index in [-0.39, 0.29) is 22.2 Å². The van der Waals surface area contributed by atoms with Crippen molar-refractivity contribution in [2.24, 2.45) is 0 Å². The van der Waals surface area contributed by atoms with Crippen molar-refractivity contribution in [1.82, 2.24) is 0 Å². The highest BCUT2D eigenvalue weighted by molar-refractivity contribution is 6.44. The maximum atomic E-state index is 11.4. The van der Waals surface area contributed by atoms with E-state index in [0.29, 0.717) is 5.69 Å². The molecule has 0 aliphatic heterocycles. The van der Waals surface area contributed by atoms with Gasteiger partial charge < -0.3 is 10.5 Å². The Morgan fingerprint density at radius 2 is 2.20 bits per heavy atom. The number of ether oxygens (including phenoxy) is 1. The number of rotatable bonds is 2. The topological polar surface area (TPSA) is 76.1 Å². The highest BCUT2D eigenvalue weighted by Gasteiger charge is 2.15. The SMILES string of the molecule is N#CCOC(=O)c1cc(N)cc(Cl)c1Cl. The highest BCUT2D eigenvalue weighted by Crippen LogP contribution is 2.29. The number of halogens is 2. The van der Waals surface area contributed by atoms with Gasteiger partial charge in [0.1, 0.15) is 6.07 Å². The standard InChI is InChI=1S/C9H6Cl2N2O2/c10-7-4-5(13)3-6(8(7)11)9(14)15-2-1-12/h3-4H,2,13H2. The molecule has 0 heterocycles. The van der Waals surface area contributed by atoms with Crippen molar-refractivity contribution in [2.75, 3.05) is 12.3 Å². The molecule has 2 N–H and O–H groups in total. The largest absolute Gasteiger partial charge is 0.447 e. The van der Waals surface area contributed by atoms with Gasteiger partial charge in [0.05, 0.1) is 15.6 Å². The number of hydrogen-bond donors (Lipinski definition) is 1. The van der Waals surface area contributed by atoms with Crippen LogP contribution < -0.4 is 5.73 Å². The second-order valence-electron chi connectivity index (χ2n) is 2.60. The summed E-state index contributed by atoms with van der Waals surface area (Å²) in [5.41, 5.74) is 5.83. The fraction of sp³-hybridized carbons (Fsp3) is 0.111. The quantitative estimate of drug-likeness (QED) is 0.640. The van der Waals surface area contributed by atoms with E-state index in [0.717, 1.165) is 0 Å². The number of hydrogen-bond acceptors (Lipinski definition) is 4. The van der Waals surface area contributed by atoms with E-state index >= 15 is 0 Å². The van der Waals surface area contributed by atoms with E-state index in [1.54, 1.807) is 6.07 Å². The third kappa shape index (κ3) is 2.75. The lowest BCUT2D eigenvalue weighted by Crippen LogP contribution is -2.07. The number of carbonyl (C=O) groups is 1. The van der Waals surface area contributed by atoms with Gasteiger partial charge in [0.2, 0.25) is 0 Å². The number of anilines is 1. The predicted molar refractivity (Wildman–Crippen MR) is 56.8 cm³/mol. The maximum absolute atomic E-state index is 11.4. The Morgan fingerprint density at radius 1 is 1.53 bits per heavy atom. The van der Waals surface area contributed by atoms with Crippen molar-refractivity contribution in [3.63, 3.8) is 0 Å². The van der Waals surface area contributed by atoms with Crippen LogP contribution in [0.15, 0.2) is 12.1 Å². The maximum Gasteiger partial charge on any atom is 0.340 e. The molecule has 0 unspecified atom stereocenters. The average molecular weight is 245 g/mol. The number of esters is 1. The minimum Gasteiger partial charge on any atom is -0.447 e. The molecule has 0 fully saturated rings. The smallest absolute Gasteiger partial charge is 0.340 e. The van der Waals surface area contributed by atoms with Crippen LogP contribution in [0.25, 0.3) is 0 Å². The summed E-state index contributed by atoms with van der Waals surface area (Å²) in [7, 11) is 0. The molecule has 1 aromatic carbocycles. The number of carbonyl (C=O) groups excluding carboxylic acids is 1. The molecule has 0 aliphatic rings. The molecule has 0 spiro atoms. The minimum absolute atomic E-state index is 0.0527. The Labute approximate surface area is 96.1 Å². The van der Waals surface area contributed by atoms with Crippen LogP contribution in [0.4, 0.5) is 5.69 Å². The van der Waals surface area contributed by atoms with Crippen LogP contribution in [-0.2, 0) is 4.74 Å². The lowest BCUT2D eigenvalue weighted by molar-refractivity contribution is 0.0555. The zero-order chi connectivity index (χ0) is 11.4. The third-order valence-corrected chi connectivity index (χ3v) is 2.34. The lowest BCUT2D eigenvalue weighted by atomic mass is 10.2. The van der Waals surface area contributed by atoms with Crippen LogP contribution in [0.5, 0.6) is 0 Å². The normalized spacial score (nSPS) is 9.40. The van der Waals surface area contributed by atoms with E-state index in [1.165, 1.54) is 12.1 Å². The highest BCUT2D eigenvalue weighted by atomic mass is 35.5. The first-order chi connectivity index (χ1) is 7.06. The molecule has 0 aliphatic carbocycles. The summed E-state index contributed by atoms with van der Waals surface area (Å²) in [6, 6.07) is 4.43. The number of nitriles is 1.